The number of hydrogen-bond acceptors (Lipinski definition) is 1. The van der Waals surface area contributed by atoms with E-state index < -0.39 is 0 Å². The maximum Gasteiger partial charge on any atom is 0.0285 e. The summed E-state index contributed by atoms with van der Waals surface area (Å²) in [5, 5.41) is 0. The van der Waals surface area contributed by atoms with E-state index in [0.717, 1.165) is 12.6 Å². The molecule has 0 aromatic heterocycles. The van der Waals surface area contributed by atoms with Crippen LogP contribution in [0.2, 0.25) is 0 Å². The van der Waals surface area contributed by atoms with E-state index in [-0.39, 0.29) is 0 Å². The predicted octanol–water partition coefficient (Wildman–Crippen LogP) is 2.98. The Morgan fingerprint density at radius 1 is 1.13 bits per heavy atom. The van der Waals surface area contributed by atoms with Gasteiger partial charge in [-0.2, -0.15) is 0 Å². The second-order valence-corrected chi connectivity index (χ2v) is 4.62. The Bertz CT molecular complexity index is 355. The van der Waals surface area contributed by atoms with E-state index >= 15 is 0 Å². The second kappa shape index (κ2) is 3.82. The average molecular weight is 199 g/mol. The van der Waals surface area contributed by atoms with Crippen LogP contribution >= 0.6 is 0 Å². The lowest BCUT2D eigenvalue weighted by molar-refractivity contribution is 0.200. The molecule has 1 heteroatoms. The third kappa shape index (κ3) is 1.72. The minimum Gasteiger partial charge on any atom is -0.289 e. The molecule has 0 amide bonds. The summed E-state index contributed by atoms with van der Waals surface area (Å²) < 4.78 is 0. The van der Waals surface area contributed by atoms with Crippen molar-refractivity contribution < 1.29 is 0 Å². The van der Waals surface area contributed by atoms with Gasteiger partial charge in [-0.25, -0.2) is 0 Å². The van der Waals surface area contributed by atoms with Crippen molar-refractivity contribution >= 4 is 0 Å². The Morgan fingerprint density at radius 2 is 2.00 bits per heavy atom. The Morgan fingerprint density at radius 3 is 2.80 bits per heavy atom. The molecule has 1 aromatic rings. The highest BCUT2D eigenvalue weighted by atomic mass is 15.2. The van der Waals surface area contributed by atoms with Gasteiger partial charge in [-0.05, 0) is 24.8 Å². The van der Waals surface area contributed by atoms with Gasteiger partial charge in [0.25, 0.3) is 0 Å². The molecular formula is C14H17N. The summed E-state index contributed by atoms with van der Waals surface area (Å²) in [6.07, 6.45) is 8.75. The summed E-state index contributed by atoms with van der Waals surface area (Å²) >= 11 is 0. The Hall–Kier alpha value is -1.08. The summed E-state index contributed by atoms with van der Waals surface area (Å²) in [6, 6.07) is 12.3. The van der Waals surface area contributed by atoms with Gasteiger partial charge in [-0.15, -0.1) is 0 Å². The molecular weight excluding hydrogens is 182 g/mol. The summed E-state index contributed by atoms with van der Waals surface area (Å²) in [4.78, 5) is 2.66. The van der Waals surface area contributed by atoms with Crippen LogP contribution in [0.5, 0.6) is 0 Å². The summed E-state index contributed by atoms with van der Waals surface area (Å²) in [6.45, 7) is 1.13. The van der Waals surface area contributed by atoms with E-state index in [1.54, 1.807) is 0 Å². The van der Waals surface area contributed by atoms with Gasteiger partial charge in [0.05, 0.1) is 0 Å². The number of benzene rings is 1. The van der Waals surface area contributed by atoms with Crippen LogP contribution in [-0.4, -0.2) is 17.0 Å². The molecule has 2 heterocycles. The highest BCUT2D eigenvalue weighted by molar-refractivity contribution is 5.17. The Balaban J connectivity index is 1.77. The van der Waals surface area contributed by atoms with Gasteiger partial charge in [0, 0.05) is 18.6 Å². The molecule has 0 N–H and O–H groups in total. The lowest BCUT2D eigenvalue weighted by atomic mass is 10.1. The zero-order valence-electron chi connectivity index (χ0n) is 8.97. The largest absolute Gasteiger partial charge is 0.289 e. The highest BCUT2D eigenvalue weighted by Crippen LogP contribution is 2.32. The van der Waals surface area contributed by atoms with Crippen LogP contribution < -0.4 is 0 Å². The Kier molecular flexibility index (Phi) is 2.34. The van der Waals surface area contributed by atoms with E-state index in [0.29, 0.717) is 6.04 Å². The monoisotopic (exact) mass is 199 g/mol. The van der Waals surface area contributed by atoms with Gasteiger partial charge in [0.1, 0.15) is 0 Å². The van der Waals surface area contributed by atoms with Gasteiger partial charge < -0.3 is 0 Å². The van der Waals surface area contributed by atoms with E-state index in [4.69, 9.17) is 0 Å². The van der Waals surface area contributed by atoms with Crippen molar-refractivity contribution in [3.05, 3.63) is 48.0 Å². The van der Waals surface area contributed by atoms with Crippen molar-refractivity contribution in [3.63, 3.8) is 0 Å². The molecule has 1 nitrogen and oxygen atoms in total. The summed E-state index contributed by atoms with van der Waals surface area (Å²) in [7, 11) is 0. The molecule has 78 valence electrons. The molecule has 2 aliphatic rings. The number of fused-ring (bicyclic) bond motifs is 2. The fourth-order valence-electron chi connectivity index (χ4n) is 2.86. The molecule has 15 heavy (non-hydrogen) atoms. The minimum atomic E-state index is 0.712. The topological polar surface area (TPSA) is 3.24 Å². The molecule has 1 fully saturated rings. The molecule has 2 unspecified atom stereocenters. The molecule has 1 aromatic carbocycles. The molecule has 3 rings (SSSR count). The lowest BCUT2D eigenvalue weighted by Gasteiger charge is -2.31. The molecule has 0 saturated carbocycles. The van der Waals surface area contributed by atoms with Gasteiger partial charge in [-0.3, -0.25) is 4.90 Å². The van der Waals surface area contributed by atoms with Gasteiger partial charge in [0.2, 0.25) is 0 Å². The van der Waals surface area contributed by atoms with Crippen molar-refractivity contribution in [2.45, 2.75) is 37.9 Å². The lowest BCUT2D eigenvalue weighted by Crippen LogP contribution is -2.36. The standard InChI is InChI=1S/C14H17N/c1-2-5-12(6-3-1)11-15-13-7-4-8-14(15)10-9-13/h1-7,13-14H,8-11H2. The normalized spacial score (nSPS) is 29.6. The van der Waals surface area contributed by atoms with E-state index in [1.807, 2.05) is 0 Å². The van der Waals surface area contributed by atoms with Gasteiger partial charge >= 0.3 is 0 Å². The van der Waals surface area contributed by atoms with Crippen molar-refractivity contribution in [2.24, 2.45) is 0 Å². The van der Waals surface area contributed by atoms with Crippen molar-refractivity contribution in [1.29, 1.82) is 0 Å². The highest BCUT2D eigenvalue weighted by Gasteiger charge is 2.33. The van der Waals surface area contributed by atoms with E-state index in [2.05, 4.69) is 47.4 Å². The molecule has 2 bridgehead atoms. The molecule has 0 spiro atoms. The quantitative estimate of drug-likeness (QED) is 0.662. The number of rotatable bonds is 2. The predicted molar refractivity (Wildman–Crippen MR) is 62.6 cm³/mol. The van der Waals surface area contributed by atoms with E-state index in [9.17, 15) is 0 Å². The number of nitrogens with zero attached hydrogens (tertiary/aromatic N) is 1. The van der Waals surface area contributed by atoms with Gasteiger partial charge in [-0.1, -0.05) is 42.5 Å². The molecule has 2 atom stereocenters. The third-order valence-corrected chi connectivity index (χ3v) is 3.67. The molecule has 0 aliphatic carbocycles. The second-order valence-electron chi connectivity index (χ2n) is 4.62. The first kappa shape index (κ1) is 9.17. The zero-order chi connectivity index (χ0) is 10.1. The maximum absolute atomic E-state index is 2.66. The van der Waals surface area contributed by atoms with Crippen LogP contribution in [0.3, 0.4) is 0 Å². The van der Waals surface area contributed by atoms with Crippen LogP contribution in [-0.2, 0) is 6.54 Å². The van der Waals surface area contributed by atoms with Crippen LogP contribution in [0.15, 0.2) is 42.5 Å². The molecule has 0 radical (unpaired) electrons. The van der Waals surface area contributed by atoms with Crippen molar-refractivity contribution in [2.75, 3.05) is 0 Å². The van der Waals surface area contributed by atoms with Crippen LogP contribution in [0.25, 0.3) is 0 Å². The smallest absolute Gasteiger partial charge is 0.0285 e. The van der Waals surface area contributed by atoms with Crippen LogP contribution in [0.4, 0.5) is 0 Å². The molecule has 1 saturated heterocycles. The first-order chi connectivity index (χ1) is 7.43. The van der Waals surface area contributed by atoms with Crippen LogP contribution in [0.1, 0.15) is 24.8 Å². The fourth-order valence-corrected chi connectivity index (χ4v) is 2.86. The van der Waals surface area contributed by atoms with Crippen LogP contribution in [0, 0.1) is 0 Å². The first-order valence-corrected chi connectivity index (χ1v) is 5.90. The number of hydrogen-bond donors (Lipinski definition) is 0. The first-order valence-electron chi connectivity index (χ1n) is 5.90. The molecule has 2 aliphatic heterocycles. The van der Waals surface area contributed by atoms with Crippen molar-refractivity contribution in [1.82, 2.24) is 4.90 Å². The Labute approximate surface area is 91.4 Å². The SMILES string of the molecule is C1=CC2CCC(C1)N2Cc1ccccc1. The maximum atomic E-state index is 2.66. The fraction of sp³-hybridized carbons (Fsp3) is 0.429. The summed E-state index contributed by atoms with van der Waals surface area (Å²) in [5.41, 5.74) is 1.45. The van der Waals surface area contributed by atoms with E-state index in [1.165, 1.54) is 24.8 Å². The third-order valence-electron chi connectivity index (χ3n) is 3.67. The summed E-state index contributed by atoms with van der Waals surface area (Å²) in [5.74, 6) is 0. The minimum absolute atomic E-state index is 0.712. The van der Waals surface area contributed by atoms with Crippen molar-refractivity contribution in [3.8, 4) is 0 Å². The average Bonchev–Trinajstić information content (AvgIpc) is 2.53. The zero-order valence-corrected chi connectivity index (χ0v) is 8.97. The van der Waals surface area contributed by atoms with Gasteiger partial charge in [0.15, 0.2) is 0 Å².